The number of para-hydroxylation sites is 1. The molecule has 4 rings (SSSR count). The molecule has 1 aromatic heterocycles. The molecule has 0 amide bonds. The molecule has 162 valence electrons. The first kappa shape index (κ1) is 21.2. The van der Waals surface area contributed by atoms with Crippen molar-refractivity contribution in [1.29, 1.82) is 0 Å². The number of fused-ring (bicyclic) bond motifs is 1. The predicted molar refractivity (Wildman–Crippen MR) is 123 cm³/mol. The molecule has 4 aromatic rings. The Hall–Kier alpha value is -4.06. The van der Waals surface area contributed by atoms with Crippen molar-refractivity contribution in [2.45, 2.75) is 6.92 Å². The zero-order valence-corrected chi connectivity index (χ0v) is 18.1. The maximum Gasteiger partial charge on any atom is 0.230 e. The van der Waals surface area contributed by atoms with Crippen LogP contribution in [0.4, 0.5) is 5.69 Å². The zero-order chi connectivity index (χ0) is 22.7. The molecule has 0 bridgehead atoms. The topological polar surface area (TPSA) is 77.8 Å². The van der Waals surface area contributed by atoms with Gasteiger partial charge in [0.25, 0.3) is 0 Å². The molecule has 0 saturated carbocycles. The summed E-state index contributed by atoms with van der Waals surface area (Å²) in [6, 6.07) is 19.6. The molecule has 32 heavy (non-hydrogen) atoms. The molecule has 0 saturated heterocycles. The molecule has 3 aromatic carbocycles. The third-order valence-electron chi connectivity index (χ3n) is 5.25. The third kappa shape index (κ3) is 4.07. The fourth-order valence-corrected chi connectivity index (χ4v) is 3.50. The lowest BCUT2D eigenvalue weighted by molar-refractivity contribution is 0.0997. The first-order valence-corrected chi connectivity index (χ1v) is 10.1. The molecule has 0 aliphatic heterocycles. The van der Waals surface area contributed by atoms with E-state index in [9.17, 15) is 9.59 Å². The molecular formula is C26H23NO5. The summed E-state index contributed by atoms with van der Waals surface area (Å²) < 4.78 is 16.4. The Morgan fingerprint density at radius 2 is 1.56 bits per heavy atom. The maximum atomic E-state index is 13.2. The number of furan rings is 1. The van der Waals surface area contributed by atoms with Crippen LogP contribution in [0.2, 0.25) is 0 Å². The van der Waals surface area contributed by atoms with Gasteiger partial charge in [-0.2, -0.15) is 0 Å². The van der Waals surface area contributed by atoms with Crippen LogP contribution in [0, 0.1) is 6.92 Å². The first-order chi connectivity index (χ1) is 15.5. The third-order valence-corrected chi connectivity index (χ3v) is 5.25. The van der Waals surface area contributed by atoms with E-state index in [2.05, 4.69) is 5.32 Å². The van der Waals surface area contributed by atoms with E-state index in [4.69, 9.17) is 13.9 Å². The van der Waals surface area contributed by atoms with Crippen molar-refractivity contribution in [2.75, 3.05) is 26.1 Å². The van der Waals surface area contributed by atoms with Crippen molar-refractivity contribution < 1.29 is 23.5 Å². The van der Waals surface area contributed by atoms with E-state index in [1.807, 2.05) is 37.3 Å². The number of Topliss-reactive ketones (excluding diaryl/α,β-unsaturated/α-hetero) is 1. The second-order valence-corrected chi connectivity index (χ2v) is 7.34. The Bertz CT molecular complexity index is 1290. The molecule has 0 aliphatic carbocycles. The van der Waals surface area contributed by atoms with Crippen LogP contribution in [-0.2, 0) is 0 Å². The number of hydrogen-bond acceptors (Lipinski definition) is 6. The van der Waals surface area contributed by atoms with Crippen LogP contribution in [0.5, 0.6) is 11.5 Å². The second-order valence-electron chi connectivity index (χ2n) is 7.34. The molecular weight excluding hydrogens is 406 g/mol. The van der Waals surface area contributed by atoms with E-state index in [0.717, 1.165) is 10.9 Å². The number of carbonyl (C=O) groups excluding carboxylic acids is 2. The zero-order valence-electron chi connectivity index (χ0n) is 18.1. The summed E-state index contributed by atoms with van der Waals surface area (Å²) in [6.45, 7) is 1.94. The summed E-state index contributed by atoms with van der Waals surface area (Å²) in [5, 5.41) is 3.87. The molecule has 0 radical (unpaired) electrons. The second kappa shape index (κ2) is 8.98. The first-order valence-electron chi connectivity index (χ1n) is 10.1. The average molecular weight is 429 g/mol. The Morgan fingerprint density at radius 3 is 2.28 bits per heavy atom. The highest BCUT2D eigenvalue weighted by atomic mass is 16.5. The van der Waals surface area contributed by atoms with Crippen LogP contribution < -0.4 is 14.8 Å². The number of ether oxygens (including phenoxy) is 2. The van der Waals surface area contributed by atoms with Gasteiger partial charge in [0, 0.05) is 16.5 Å². The Balaban J connectivity index is 1.64. The lowest BCUT2D eigenvalue weighted by Gasteiger charge is -2.10. The minimum Gasteiger partial charge on any atom is -0.493 e. The van der Waals surface area contributed by atoms with Gasteiger partial charge < -0.3 is 19.2 Å². The number of ketones is 2. The van der Waals surface area contributed by atoms with Gasteiger partial charge in [-0.1, -0.05) is 42.0 Å². The molecule has 0 aliphatic rings. The number of methoxy groups -OCH3 is 2. The number of carbonyl (C=O) groups is 2. The van der Waals surface area contributed by atoms with E-state index in [-0.39, 0.29) is 23.9 Å². The van der Waals surface area contributed by atoms with Gasteiger partial charge in [0.2, 0.25) is 5.78 Å². The predicted octanol–water partition coefficient (Wildman–Crippen LogP) is 5.28. The van der Waals surface area contributed by atoms with Gasteiger partial charge >= 0.3 is 0 Å². The number of hydrogen-bond donors (Lipinski definition) is 1. The SMILES string of the molecule is COc1ccc(C(=O)CNc2c(C(=O)c3ccc(C)cc3)oc3ccccc23)cc1OC. The van der Waals surface area contributed by atoms with Gasteiger partial charge in [-0.15, -0.1) is 0 Å². The molecule has 0 atom stereocenters. The molecule has 1 N–H and O–H groups in total. The van der Waals surface area contributed by atoms with Gasteiger partial charge in [0.15, 0.2) is 23.0 Å². The van der Waals surface area contributed by atoms with Crippen molar-refractivity contribution in [3.05, 3.63) is 89.2 Å². The van der Waals surface area contributed by atoms with Gasteiger partial charge in [-0.05, 0) is 37.3 Å². The van der Waals surface area contributed by atoms with Crippen molar-refractivity contribution in [2.24, 2.45) is 0 Å². The number of anilines is 1. The van der Waals surface area contributed by atoms with Crippen LogP contribution in [0.25, 0.3) is 11.0 Å². The van der Waals surface area contributed by atoms with E-state index < -0.39 is 0 Å². The monoisotopic (exact) mass is 429 g/mol. The largest absolute Gasteiger partial charge is 0.493 e. The van der Waals surface area contributed by atoms with Crippen LogP contribution in [-0.4, -0.2) is 32.3 Å². The minimum absolute atomic E-state index is 0.0206. The number of nitrogens with one attached hydrogen (secondary N) is 1. The number of benzene rings is 3. The highest BCUT2D eigenvalue weighted by Gasteiger charge is 2.22. The minimum atomic E-state index is -0.248. The standard InChI is InChI=1S/C26H23NO5/c1-16-8-10-17(11-9-16)25(29)26-24(19-6-4-5-7-21(19)32-26)27-15-20(28)18-12-13-22(30-2)23(14-18)31-3/h4-14,27H,15H2,1-3H3. The molecule has 0 fully saturated rings. The quantitative estimate of drug-likeness (QED) is 0.384. The smallest absolute Gasteiger partial charge is 0.230 e. The van der Waals surface area contributed by atoms with Gasteiger partial charge in [-0.3, -0.25) is 9.59 Å². The fourth-order valence-electron chi connectivity index (χ4n) is 3.50. The normalized spacial score (nSPS) is 10.7. The van der Waals surface area contributed by atoms with Gasteiger partial charge in [-0.25, -0.2) is 0 Å². The van der Waals surface area contributed by atoms with Crippen LogP contribution in [0.15, 0.2) is 71.1 Å². The molecule has 1 heterocycles. The van der Waals surface area contributed by atoms with Gasteiger partial charge in [0.05, 0.1) is 26.5 Å². The van der Waals surface area contributed by atoms with E-state index in [1.54, 1.807) is 36.4 Å². The van der Waals surface area contributed by atoms with Gasteiger partial charge in [0.1, 0.15) is 5.58 Å². The van der Waals surface area contributed by atoms with Crippen molar-refractivity contribution >= 4 is 28.2 Å². The van der Waals surface area contributed by atoms with Crippen LogP contribution >= 0.6 is 0 Å². The lowest BCUT2D eigenvalue weighted by atomic mass is 10.1. The molecule has 6 nitrogen and oxygen atoms in total. The van der Waals surface area contributed by atoms with Crippen LogP contribution in [0.1, 0.15) is 32.0 Å². The Kier molecular flexibility index (Phi) is 5.94. The fraction of sp³-hybridized carbons (Fsp3) is 0.154. The summed E-state index contributed by atoms with van der Waals surface area (Å²) in [7, 11) is 3.06. The molecule has 0 spiro atoms. The Labute approximate surface area is 185 Å². The van der Waals surface area contributed by atoms with E-state index in [1.165, 1.54) is 14.2 Å². The Morgan fingerprint density at radius 1 is 0.875 bits per heavy atom. The maximum absolute atomic E-state index is 13.2. The molecule has 0 unspecified atom stereocenters. The highest BCUT2D eigenvalue weighted by molar-refractivity contribution is 6.15. The summed E-state index contributed by atoms with van der Waals surface area (Å²) in [5.74, 6) is 0.786. The number of aryl methyl sites for hydroxylation is 1. The summed E-state index contributed by atoms with van der Waals surface area (Å²) in [5.41, 5.74) is 3.12. The van der Waals surface area contributed by atoms with Crippen molar-refractivity contribution in [3.8, 4) is 11.5 Å². The average Bonchev–Trinajstić information content (AvgIpc) is 3.20. The summed E-state index contributed by atoms with van der Waals surface area (Å²) in [6.07, 6.45) is 0. The van der Waals surface area contributed by atoms with E-state index >= 15 is 0 Å². The summed E-state index contributed by atoms with van der Waals surface area (Å²) in [4.78, 5) is 26.0. The number of rotatable bonds is 8. The van der Waals surface area contributed by atoms with Crippen molar-refractivity contribution in [1.82, 2.24) is 0 Å². The lowest BCUT2D eigenvalue weighted by Crippen LogP contribution is -2.16. The summed E-state index contributed by atoms with van der Waals surface area (Å²) >= 11 is 0. The van der Waals surface area contributed by atoms with Crippen LogP contribution in [0.3, 0.4) is 0 Å². The molecule has 6 heteroatoms. The van der Waals surface area contributed by atoms with E-state index in [0.29, 0.717) is 33.9 Å². The van der Waals surface area contributed by atoms with Crippen molar-refractivity contribution in [3.63, 3.8) is 0 Å². The highest BCUT2D eigenvalue weighted by Crippen LogP contribution is 2.33.